The predicted octanol–water partition coefficient (Wildman–Crippen LogP) is 7.81. The van der Waals surface area contributed by atoms with Crippen molar-refractivity contribution >= 4 is 0 Å². The van der Waals surface area contributed by atoms with Gasteiger partial charge in [0.1, 0.15) is 0 Å². The van der Waals surface area contributed by atoms with E-state index in [4.69, 9.17) is 0 Å². The molecule has 0 nitrogen and oxygen atoms in total. The van der Waals surface area contributed by atoms with Gasteiger partial charge in [-0.15, -0.1) is 0 Å². The van der Waals surface area contributed by atoms with E-state index in [0.29, 0.717) is 0 Å². The molecular formula is C25H38. The molecule has 25 heavy (non-hydrogen) atoms. The SMILES string of the molecule is CC.CCC1CC(c2cccc(C)c2)CC1C.CCc1ccccc1. The monoisotopic (exact) mass is 338 g/mol. The molecule has 0 aliphatic heterocycles. The molecule has 1 aliphatic rings. The van der Waals surface area contributed by atoms with Crippen molar-refractivity contribution < 1.29 is 0 Å². The van der Waals surface area contributed by atoms with Crippen LogP contribution in [0.2, 0.25) is 0 Å². The van der Waals surface area contributed by atoms with Crippen molar-refractivity contribution in [1.82, 2.24) is 0 Å². The predicted molar refractivity (Wildman–Crippen MR) is 113 cm³/mol. The summed E-state index contributed by atoms with van der Waals surface area (Å²) < 4.78 is 0. The van der Waals surface area contributed by atoms with Crippen molar-refractivity contribution in [1.29, 1.82) is 0 Å². The summed E-state index contributed by atoms with van der Waals surface area (Å²) in [5.74, 6) is 2.70. The Balaban J connectivity index is 0.000000264. The minimum Gasteiger partial charge on any atom is -0.0683 e. The van der Waals surface area contributed by atoms with Crippen LogP contribution in [0.4, 0.5) is 0 Å². The second-order valence-electron chi connectivity index (χ2n) is 7.07. The van der Waals surface area contributed by atoms with E-state index in [1.54, 1.807) is 5.56 Å². The summed E-state index contributed by atoms with van der Waals surface area (Å²) in [5.41, 5.74) is 4.38. The van der Waals surface area contributed by atoms with E-state index in [9.17, 15) is 0 Å². The Morgan fingerprint density at radius 1 is 0.880 bits per heavy atom. The molecule has 1 aliphatic carbocycles. The van der Waals surface area contributed by atoms with Gasteiger partial charge in [0.25, 0.3) is 0 Å². The zero-order chi connectivity index (χ0) is 18.7. The van der Waals surface area contributed by atoms with Crippen LogP contribution < -0.4 is 0 Å². The van der Waals surface area contributed by atoms with E-state index in [-0.39, 0.29) is 0 Å². The average molecular weight is 339 g/mol. The molecule has 0 amide bonds. The lowest BCUT2D eigenvalue weighted by atomic mass is 9.94. The Morgan fingerprint density at radius 2 is 1.56 bits per heavy atom. The summed E-state index contributed by atoms with van der Waals surface area (Å²) >= 11 is 0. The highest BCUT2D eigenvalue weighted by molar-refractivity contribution is 5.26. The summed E-state index contributed by atoms with van der Waals surface area (Å²) in [4.78, 5) is 0. The van der Waals surface area contributed by atoms with Gasteiger partial charge in [-0.05, 0) is 55.1 Å². The van der Waals surface area contributed by atoms with Gasteiger partial charge in [0.2, 0.25) is 0 Å². The van der Waals surface area contributed by atoms with Crippen molar-refractivity contribution in [2.75, 3.05) is 0 Å². The Hall–Kier alpha value is -1.56. The first-order valence-electron chi connectivity index (χ1n) is 10.2. The first-order chi connectivity index (χ1) is 12.1. The normalized spacial score (nSPS) is 21.6. The van der Waals surface area contributed by atoms with Gasteiger partial charge in [-0.2, -0.15) is 0 Å². The van der Waals surface area contributed by atoms with Crippen molar-refractivity contribution in [2.45, 2.75) is 73.1 Å². The maximum Gasteiger partial charge on any atom is -0.0156 e. The van der Waals surface area contributed by atoms with E-state index in [0.717, 1.165) is 24.2 Å². The van der Waals surface area contributed by atoms with Gasteiger partial charge in [0, 0.05) is 0 Å². The lowest BCUT2D eigenvalue weighted by Crippen LogP contribution is -2.00. The van der Waals surface area contributed by atoms with E-state index in [1.165, 1.54) is 30.4 Å². The highest BCUT2D eigenvalue weighted by atomic mass is 14.4. The molecule has 0 N–H and O–H groups in total. The topological polar surface area (TPSA) is 0 Å². The van der Waals surface area contributed by atoms with Crippen LogP contribution in [0.3, 0.4) is 0 Å². The Kier molecular flexibility index (Phi) is 10.2. The van der Waals surface area contributed by atoms with Gasteiger partial charge < -0.3 is 0 Å². The molecule has 0 heterocycles. The Morgan fingerprint density at radius 3 is 2.04 bits per heavy atom. The van der Waals surface area contributed by atoms with Crippen LogP contribution in [0.5, 0.6) is 0 Å². The first-order valence-corrected chi connectivity index (χ1v) is 10.2. The summed E-state index contributed by atoms with van der Waals surface area (Å²) in [6, 6.07) is 19.5. The van der Waals surface area contributed by atoms with Gasteiger partial charge in [-0.1, -0.05) is 101 Å². The summed E-state index contributed by atoms with van der Waals surface area (Å²) in [6.45, 7) is 13.1. The maximum absolute atomic E-state index is 2.42. The molecule has 138 valence electrons. The summed E-state index contributed by atoms with van der Waals surface area (Å²) in [6.07, 6.45) is 5.29. The second kappa shape index (κ2) is 11.9. The largest absolute Gasteiger partial charge is 0.0683 e. The smallest absolute Gasteiger partial charge is 0.0156 e. The highest BCUT2D eigenvalue weighted by Gasteiger charge is 2.30. The van der Waals surface area contributed by atoms with Gasteiger partial charge >= 0.3 is 0 Å². The van der Waals surface area contributed by atoms with Crippen molar-refractivity contribution in [3.8, 4) is 0 Å². The lowest BCUT2D eigenvalue weighted by molar-refractivity contribution is 0.407. The molecule has 0 aromatic heterocycles. The summed E-state index contributed by atoms with van der Waals surface area (Å²) in [5, 5.41) is 0. The number of aryl methyl sites for hydroxylation is 2. The van der Waals surface area contributed by atoms with Crippen LogP contribution in [-0.2, 0) is 6.42 Å². The van der Waals surface area contributed by atoms with Gasteiger partial charge in [-0.3, -0.25) is 0 Å². The molecule has 3 unspecified atom stereocenters. The van der Waals surface area contributed by atoms with Crippen molar-refractivity contribution in [3.05, 3.63) is 71.3 Å². The van der Waals surface area contributed by atoms with Crippen LogP contribution in [0.1, 0.15) is 76.5 Å². The third-order valence-electron chi connectivity index (χ3n) is 5.34. The average Bonchev–Trinajstić information content (AvgIpc) is 3.05. The number of rotatable bonds is 3. The minimum absolute atomic E-state index is 0.824. The van der Waals surface area contributed by atoms with E-state index < -0.39 is 0 Å². The molecule has 0 saturated heterocycles. The molecule has 3 rings (SSSR count). The summed E-state index contributed by atoms with van der Waals surface area (Å²) in [7, 11) is 0. The molecule has 1 fully saturated rings. The van der Waals surface area contributed by atoms with Crippen molar-refractivity contribution in [2.24, 2.45) is 11.8 Å². The molecule has 0 heteroatoms. The molecule has 0 spiro atoms. The zero-order valence-corrected chi connectivity index (χ0v) is 17.3. The first kappa shape index (κ1) is 21.5. The van der Waals surface area contributed by atoms with Crippen LogP contribution in [-0.4, -0.2) is 0 Å². The van der Waals surface area contributed by atoms with Crippen LogP contribution in [0.15, 0.2) is 54.6 Å². The minimum atomic E-state index is 0.824. The van der Waals surface area contributed by atoms with E-state index in [2.05, 4.69) is 76.2 Å². The fraction of sp³-hybridized carbons (Fsp3) is 0.520. The molecular weight excluding hydrogens is 300 g/mol. The standard InChI is InChI=1S/C15H22.C8H10.C2H6/c1-4-13-10-15(9-12(13)3)14-7-5-6-11(2)8-14;1-2-8-6-4-3-5-7-8;1-2/h5-8,12-13,15H,4,9-10H2,1-3H3;3-7H,2H2,1H3;1-2H3. The van der Waals surface area contributed by atoms with Crippen molar-refractivity contribution in [3.63, 3.8) is 0 Å². The van der Waals surface area contributed by atoms with Gasteiger partial charge in [-0.25, -0.2) is 0 Å². The number of hydrogen-bond donors (Lipinski definition) is 0. The Bertz CT molecular complexity index is 570. The molecule has 3 atom stereocenters. The fourth-order valence-electron chi connectivity index (χ4n) is 3.81. The lowest BCUT2D eigenvalue weighted by Gasteiger charge is -2.11. The number of benzene rings is 2. The van der Waals surface area contributed by atoms with E-state index in [1.807, 2.05) is 19.9 Å². The molecule has 1 saturated carbocycles. The zero-order valence-electron chi connectivity index (χ0n) is 17.3. The van der Waals surface area contributed by atoms with Crippen LogP contribution in [0.25, 0.3) is 0 Å². The van der Waals surface area contributed by atoms with Crippen LogP contribution >= 0.6 is 0 Å². The Labute approximate surface area is 156 Å². The maximum atomic E-state index is 2.42. The quantitative estimate of drug-likeness (QED) is 0.535. The third kappa shape index (κ3) is 7.06. The molecule has 2 aromatic carbocycles. The molecule has 2 aromatic rings. The number of hydrogen-bond acceptors (Lipinski definition) is 0. The fourth-order valence-corrected chi connectivity index (χ4v) is 3.81. The van der Waals surface area contributed by atoms with Gasteiger partial charge in [0.05, 0.1) is 0 Å². The van der Waals surface area contributed by atoms with Crippen LogP contribution in [0, 0.1) is 18.8 Å². The van der Waals surface area contributed by atoms with E-state index >= 15 is 0 Å². The molecule has 0 radical (unpaired) electrons. The molecule has 0 bridgehead atoms. The highest BCUT2D eigenvalue weighted by Crippen LogP contribution is 2.43. The second-order valence-corrected chi connectivity index (χ2v) is 7.07. The third-order valence-corrected chi connectivity index (χ3v) is 5.34. The van der Waals surface area contributed by atoms with Gasteiger partial charge in [0.15, 0.2) is 0 Å².